The van der Waals surface area contributed by atoms with Crippen LogP contribution in [0.15, 0.2) is 24.0 Å². The number of aromatic nitrogens is 3. The van der Waals surface area contributed by atoms with Crippen molar-refractivity contribution in [3.8, 4) is 0 Å². The predicted molar refractivity (Wildman–Crippen MR) is 83.5 cm³/mol. The molecule has 1 N–H and O–H groups in total. The maximum absolute atomic E-state index is 12.4. The van der Waals surface area contributed by atoms with E-state index >= 15 is 0 Å². The van der Waals surface area contributed by atoms with Gasteiger partial charge in [0, 0.05) is 49.5 Å². The molecule has 0 bridgehead atoms. The fourth-order valence-corrected chi connectivity index (χ4v) is 3.31. The summed E-state index contributed by atoms with van der Waals surface area (Å²) in [4.78, 5) is 16.6. The Labute approximate surface area is 133 Å². The maximum atomic E-state index is 12.4. The van der Waals surface area contributed by atoms with Crippen molar-refractivity contribution in [2.45, 2.75) is 32.4 Å². The number of carbonyl (C=O) groups excluding carboxylic acids is 1. The molecule has 1 aliphatic rings. The van der Waals surface area contributed by atoms with E-state index in [0.717, 1.165) is 30.0 Å². The van der Waals surface area contributed by atoms with Crippen molar-refractivity contribution in [2.24, 2.45) is 5.92 Å². The molecule has 0 aromatic carbocycles. The van der Waals surface area contributed by atoms with Crippen LogP contribution in [0.4, 0.5) is 0 Å². The minimum absolute atomic E-state index is 0.0586. The Bertz CT molecular complexity index is 611. The molecule has 3 heterocycles. The summed E-state index contributed by atoms with van der Waals surface area (Å²) in [6, 6.07) is 0. The SMILES string of the molecule is CCn1cc([C@H]2OCC[C@@H]2C(=O)NCCc2nccs2)cn1. The summed E-state index contributed by atoms with van der Waals surface area (Å²) in [5.41, 5.74) is 0.986. The van der Waals surface area contributed by atoms with Crippen LogP contribution >= 0.6 is 11.3 Å². The molecule has 7 heteroatoms. The van der Waals surface area contributed by atoms with Gasteiger partial charge in [0.05, 0.1) is 23.2 Å². The third-order valence-electron chi connectivity index (χ3n) is 3.86. The number of nitrogens with zero attached hydrogens (tertiary/aromatic N) is 3. The van der Waals surface area contributed by atoms with Crippen LogP contribution in [-0.4, -0.2) is 33.8 Å². The third kappa shape index (κ3) is 3.36. The maximum Gasteiger partial charge on any atom is 0.226 e. The molecule has 22 heavy (non-hydrogen) atoms. The number of thiazole rings is 1. The van der Waals surface area contributed by atoms with Crippen molar-refractivity contribution in [3.05, 3.63) is 34.5 Å². The van der Waals surface area contributed by atoms with Gasteiger partial charge in [-0.15, -0.1) is 11.3 Å². The zero-order chi connectivity index (χ0) is 15.4. The summed E-state index contributed by atoms with van der Waals surface area (Å²) in [6.45, 7) is 4.09. The van der Waals surface area contributed by atoms with Gasteiger partial charge < -0.3 is 10.1 Å². The van der Waals surface area contributed by atoms with Crippen molar-refractivity contribution in [3.63, 3.8) is 0 Å². The second-order valence-electron chi connectivity index (χ2n) is 5.28. The zero-order valence-electron chi connectivity index (χ0n) is 12.6. The summed E-state index contributed by atoms with van der Waals surface area (Å²) in [6.07, 6.45) is 6.90. The van der Waals surface area contributed by atoms with Gasteiger partial charge in [0.2, 0.25) is 5.91 Å². The van der Waals surface area contributed by atoms with Crippen molar-refractivity contribution >= 4 is 17.2 Å². The van der Waals surface area contributed by atoms with Gasteiger partial charge in [0.25, 0.3) is 0 Å². The minimum atomic E-state index is -0.180. The van der Waals surface area contributed by atoms with Crippen LogP contribution < -0.4 is 5.32 Å². The standard InChI is InChI=1S/C15H20N4O2S/c1-2-19-10-11(9-18-19)14-12(4-7-21-14)15(20)17-5-3-13-16-6-8-22-13/h6,8-10,12,14H,2-5,7H2,1H3,(H,17,20)/t12-,14+/m0/s1. The Morgan fingerprint density at radius 1 is 1.59 bits per heavy atom. The molecule has 0 aliphatic carbocycles. The summed E-state index contributed by atoms with van der Waals surface area (Å²) in [5, 5.41) is 10.3. The first kappa shape index (κ1) is 15.2. The topological polar surface area (TPSA) is 69.0 Å². The number of rotatable bonds is 6. The number of carbonyl (C=O) groups is 1. The summed E-state index contributed by atoms with van der Waals surface area (Å²) < 4.78 is 7.61. The zero-order valence-corrected chi connectivity index (χ0v) is 13.4. The second kappa shape index (κ2) is 7.02. The molecular weight excluding hydrogens is 300 g/mol. The number of hydrogen-bond donors (Lipinski definition) is 1. The highest BCUT2D eigenvalue weighted by molar-refractivity contribution is 7.09. The number of aryl methyl sites for hydroxylation is 1. The first-order valence-corrected chi connectivity index (χ1v) is 8.46. The normalized spacial score (nSPS) is 21.1. The van der Waals surface area contributed by atoms with Gasteiger partial charge >= 0.3 is 0 Å². The molecule has 6 nitrogen and oxygen atoms in total. The molecule has 0 radical (unpaired) electrons. The van der Waals surface area contributed by atoms with Crippen molar-refractivity contribution in [2.75, 3.05) is 13.2 Å². The lowest BCUT2D eigenvalue weighted by molar-refractivity contribution is -0.126. The number of hydrogen-bond acceptors (Lipinski definition) is 5. The van der Waals surface area contributed by atoms with Crippen LogP contribution in [0.3, 0.4) is 0 Å². The molecule has 118 valence electrons. The van der Waals surface area contributed by atoms with Crippen LogP contribution in [0.1, 0.15) is 30.0 Å². The first-order valence-electron chi connectivity index (χ1n) is 7.58. The highest BCUT2D eigenvalue weighted by atomic mass is 32.1. The van der Waals surface area contributed by atoms with Gasteiger partial charge in [0.15, 0.2) is 0 Å². The lowest BCUT2D eigenvalue weighted by Crippen LogP contribution is -2.33. The van der Waals surface area contributed by atoms with Gasteiger partial charge in [-0.05, 0) is 13.3 Å². The van der Waals surface area contributed by atoms with E-state index in [2.05, 4.69) is 15.4 Å². The van der Waals surface area contributed by atoms with Gasteiger partial charge in [-0.2, -0.15) is 5.10 Å². The minimum Gasteiger partial charge on any atom is -0.373 e. The van der Waals surface area contributed by atoms with Gasteiger partial charge in [-0.3, -0.25) is 9.48 Å². The van der Waals surface area contributed by atoms with E-state index in [1.807, 2.05) is 23.2 Å². The molecular formula is C15H20N4O2S. The Hall–Kier alpha value is -1.73. The Kier molecular flexibility index (Phi) is 4.84. The first-order chi connectivity index (χ1) is 10.8. The smallest absolute Gasteiger partial charge is 0.226 e. The molecule has 0 spiro atoms. The average molecular weight is 320 g/mol. The number of nitrogens with one attached hydrogen (secondary N) is 1. The number of amides is 1. The molecule has 0 saturated carbocycles. The van der Waals surface area contributed by atoms with E-state index < -0.39 is 0 Å². The van der Waals surface area contributed by atoms with Crippen LogP contribution in [0, 0.1) is 5.92 Å². The van der Waals surface area contributed by atoms with Crippen LogP contribution in [0.2, 0.25) is 0 Å². The van der Waals surface area contributed by atoms with E-state index in [0.29, 0.717) is 13.2 Å². The summed E-state index contributed by atoms with van der Waals surface area (Å²) >= 11 is 1.61. The van der Waals surface area contributed by atoms with Crippen LogP contribution in [-0.2, 0) is 22.5 Å². The second-order valence-corrected chi connectivity index (χ2v) is 6.26. The molecule has 2 aromatic rings. The largest absolute Gasteiger partial charge is 0.373 e. The monoisotopic (exact) mass is 320 g/mol. The van der Waals surface area contributed by atoms with Gasteiger partial charge in [0.1, 0.15) is 0 Å². The van der Waals surface area contributed by atoms with E-state index in [4.69, 9.17) is 4.74 Å². The van der Waals surface area contributed by atoms with Crippen LogP contribution in [0.5, 0.6) is 0 Å². The lowest BCUT2D eigenvalue weighted by Gasteiger charge is -2.16. The van der Waals surface area contributed by atoms with E-state index in [1.54, 1.807) is 23.7 Å². The molecule has 3 rings (SSSR count). The Morgan fingerprint density at radius 2 is 2.50 bits per heavy atom. The van der Waals surface area contributed by atoms with E-state index in [-0.39, 0.29) is 17.9 Å². The predicted octanol–water partition coefficient (Wildman–Crippen LogP) is 1.80. The molecule has 1 saturated heterocycles. The summed E-state index contributed by atoms with van der Waals surface area (Å²) in [7, 11) is 0. The fourth-order valence-electron chi connectivity index (χ4n) is 2.69. The van der Waals surface area contributed by atoms with Crippen molar-refractivity contribution in [1.29, 1.82) is 0 Å². The van der Waals surface area contributed by atoms with Crippen molar-refractivity contribution in [1.82, 2.24) is 20.1 Å². The third-order valence-corrected chi connectivity index (χ3v) is 4.70. The summed E-state index contributed by atoms with van der Waals surface area (Å²) in [5.74, 6) is -0.0749. The molecule has 1 amide bonds. The Morgan fingerprint density at radius 3 is 3.23 bits per heavy atom. The lowest BCUT2D eigenvalue weighted by atomic mass is 9.96. The quantitative estimate of drug-likeness (QED) is 0.881. The molecule has 0 unspecified atom stereocenters. The van der Waals surface area contributed by atoms with Crippen LogP contribution in [0.25, 0.3) is 0 Å². The molecule has 1 aliphatic heterocycles. The number of ether oxygens (including phenoxy) is 1. The average Bonchev–Trinajstić information content (AvgIpc) is 3.27. The highest BCUT2D eigenvalue weighted by Gasteiger charge is 2.35. The van der Waals surface area contributed by atoms with Crippen molar-refractivity contribution < 1.29 is 9.53 Å². The highest BCUT2D eigenvalue weighted by Crippen LogP contribution is 2.34. The fraction of sp³-hybridized carbons (Fsp3) is 0.533. The van der Waals surface area contributed by atoms with Gasteiger partial charge in [-0.25, -0.2) is 4.98 Å². The van der Waals surface area contributed by atoms with Gasteiger partial charge in [-0.1, -0.05) is 0 Å². The van der Waals surface area contributed by atoms with E-state index in [9.17, 15) is 4.79 Å². The van der Waals surface area contributed by atoms with E-state index in [1.165, 1.54) is 0 Å². The molecule has 1 fully saturated rings. The molecule has 2 atom stereocenters. The molecule has 2 aromatic heterocycles. The Balaban J connectivity index is 1.56.